The number of rotatable bonds is 8. The number of nitrogens with zero attached hydrogens (tertiary/aromatic N) is 3. The Labute approximate surface area is 170 Å². The Kier molecular flexibility index (Phi) is 7.54. The molecule has 0 aromatic carbocycles. The standard InChI is InChI=1S/C22H37N5O/c1-16(2)13-17(3)28-21-14-18(7-10-24-21)15-25-22(23-4)26-19-8-11-27(12-9-19)20-5-6-20/h7,10,14,16-17,19-20H,5-6,8-9,11-13,15H2,1-4H3,(H2,23,25,26). The number of pyridine rings is 1. The van der Waals surface area contributed by atoms with E-state index in [4.69, 9.17) is 4.74 Å². The van der Waals surface area contributed by atoms with E-state index in [1.807, 2.05) is 25.4 Å². The van der Waals surface area contributed by atoms with E-state index < -0.39 is 0 Å². The van der Waals surface area contributed by atoms with E-state index in [1.54, 1.807) is 0 Å². The molecule has 2 N–H and O–H groups in total. The van der Waals surface area contributed by atoms with E-state index in [-0.39, 0.29) is 6.10 Å². The summed E-state index contributed by atoms with van der Waals surface area (Å²) in [6.45, 7) is 9.65. The zero-order valence-electron chi connectivity index (χ0n) is 17.9. The van der Waals surface area contributed by atoms with Gasteiger partial charge < -0.3 is 20.3 Å². The largest absolute Gasteiger partial charge is 0.475 e. The Hall–Kier alpha value is -1.82. The zero-order valence-corrected chi connectivity index (χ0v) is 17.9. The molecule has 6 heteroatoms. The van der Waals surface area contributed by atoms with E-state index in [0.717, 1.165) is 24.0 Å². The van der Waals surface area contributed by atoms with Gasteiger partial charge >= 0.3 is 0 Å². The fraction of sp³-hybridized carbons (Fsp3) is 0.727. The molecule has 0 bridgehead atoms. The van der Waals surface area contributed by atoms with Gasteiger partial charge in [0.05, 0.1) is 6.10 Å². The molecular formula is C22H37N5O. The number of likely N-dealkylation sites (tertiary alicyclic amines) is 1. The van der Waals surface area contributed by atoms with E-state index in [1.165, 1.54) is 38.8 Å². The molecule has 3 rings (SSSR count). The van der Waals surface area contributed by atoms with Crippen LogP contribution in [0.3, 0.4) is 0 Å². The highest BCUT2D eigenvalue weighted by molar-refractivity contribution is 5.79. The molecular weight excluding hydrogens is 350 g/mol. The number of piperidine rings is 1. The predicted molar refractivity (Wildman–Crippen MR) is 115 cm³/mol. The molecule has 2 heterocycles. The fourth-order valence-corrected chi connectivity index (χ4v) is 3.97. The number of nitrogens with one attached hydrogen (secondary N) is 2. The molecule has 1 aliphatic heterocycles. The predicted octanol–water partition coefficient (Wildman–Crippen LogP) is 3.19. The van der Waals surface area contributed by atoms with Gasteiger partial charge in [-0.15, -0.1) is 0 Å². The lowest BCUT2D eigenvalue weighted by atomic mass is 10.1. The van der Waals surface area contributed by atoms with E-state index in [0.29, 0.717) is 24.4 Å². The van der Waals surface area contributed by atoms with Gasteiger partial charge in [0.2, 0.25) is 5.88 Å². The van der Waals surface area contributed by atoms with Crippen LogP contribution in [0.5, 0.6) is 5.88 Å². The normalized spacial score (nSPS) is 20.2. The summed E-state index contributed by atoms with van der Waals surface area (Å²) in [6.07, 6.45) is 8.20. The molecule has 1 atom stereocenters. The van der Waals surface area contributed by atoms with Crippen LogP contribution in [0, 0.1) is 5.92 Å². The first-order chi connectivity index (χ1) is 13.5. The smallest absolute Gasteiger partial charge is 0.213 e. The summed E-state index contributed by atoms with van der Waals surface area (Å²) in [5.41, 5.74) is 1.15. The average molecular weight is 388 g/mol. The highest BCUT2D eigenvalue weighted by Gasteiger charge is 2.31. The van der Waals surface area contributed by atoms with Gasteiger partial charge in [-0.1, -0.05) is 13.8 Å². The van der Waals surface area contributed by atoms with Crippen molar-refractivity contribution in [3.05, 3.63) is 23.9 Å². The molecule has 1 saturated heterocycles. The first-order valence-electron chi connectivity index (χ1n) is 10.9. The first kappa shape index (κ1) is 20.9. The van der Waals surface area contributed by atoms with Gasteiger partial charge in [-0.25, -0.2) is 4.98 Å². The van der Waals surface area contributed by atoms with Crippen LogP contribution in [0.1, 0.15) is 58.4 Å². The summed E-state index contributed by atoms with van der Waals surface area (Å²) < 4.78 is 5.97. The monoisotopic (exact) mass is 387 g/mol. The molecule has 2 fully saturated rings. The molecule has 1 unspecified atom stereocenters. The quantitative estimate of drug-likeness (QED) is 0.530. The van der Waals surface area contributed by atoms with Crippen LogP contribution < -0.4 is 15.4 Å². The minimum atomic E-state index is 0.173. The van der Waals surface area contributed by atoms with Crippen LogP contribution in [0.4, 0.5) is 0 Å². The molecule has 2 aliphatic rings. The van der Waals surface area contributed by atoms with Gasteiger partial charge in [-0.05, 0) is 56.6 Å². The van der Waals surface area contributed by atoms with Crippen LogP contribution in [0.25, 0.3) is 0 Å². The van der Waals surface area contributed by atoms with E-state index >= 15 is 0 Å². The van der Waals surface area contributed by atoms with Crippen molar-refractivity contribution < 1.29 is 4.74 Å². The fourth-order valence-electron chi connectivity index (χ4n) is 3.97. The van der Waals surface area contributed by atoms with Gasteiger partial charge in [0.15, 0.2) is 5.96 Å². The maximum Gasteiger partial charge on any atom is 0.213 e. The second-order valence-corrected chi connectivity index (χ2v) is 8.67. The van der Waals surface area contributed by atoms with Crippen molar-refractivity contribution in [2.45, 2.75) is 77.6 Å². The van der Waals surface area contributed by atoms with Crippen LogP contribution >= 0.6 is 0 Å². The van der Waals surface area contributed by atoms with Crippen LogP contribution in [-0.4, -0.2) is 54.2 Å². The lowest BCUT2D eigenvalue weighted by Crippen LogP contribution is -2.48. The van der Waals surface area contributed by atoms with Gasteiger partial charge in [-0.2, -0.15) is 0 Å². The Bertz CT molecular complexity index is 636. The van der Waals surface area contributed by atoms with Crippen molar-refractivity contribution >= 4 is 5.96 Å². The minimum Gasteiger partial charge on any atom is -0.475 e. The second-order valence-electron chi connectivity index (χ2n) is 8.67. The van der Waals surface area contributed by atoms with Crippen molar-refractivity contribution in [2.75, 3.05) is 20.1 Å². The van der Waals surface area contributed by atoms with Crippen molar-refractivity contribution in [3.8, 4) is 5.88 Å². The molecule has 0 spiro atoms. The summed E-state index contributed by atoms with van der Waals surface area (Å²) >= 11 is 0. The van der Waals surface area contributed by atoms with E-state index in [2.05, 4.69) is 46.3 Å². The van der Waals surface area contributed by atoms with Gasteiger partial charge in [-0.3, -0.25) is 4.99 Å². The highest BCUT2D eigenvalue weighted by atomic mass is 16.5. The maximum absolute atomic E-state index is 5.97. The molecule has 1 aromatic rings. The third-order valence-electron chi connectivity index (χ3n) is 5.54. The van der Waals surface area contributed by atoms with Crippen LogP contribution in [0.15, 0.2) is 23.3 Å². The Morgan fingerprint density at radius 1 is 1.25 bits per heavy atom. The minimum absolute atomic E-state index is 0.173. The second kappa shape index (κ2) is 10.1. The molecule has 156 valence electrons. The summed E-state index contributed by atoms with van der Waals surface area (Å²) in [6, 6.07) is 5.43. The Balaban J connectivity index is 1.43. The van der Waals surface area contributed by atoms with Crippen LogP contribution in [-0.2, 0) is 6.54 Å². The number of hydrogen-bond acceptors (Lipinski definition) is 4. The SMILES string of the molecule is CN=C(NCc1ccnc(OC(C)CC(C)C)c1)NC1CCN(C2CC2)CC1. The van der Waals surface area contributed by atoms with Crippen molar-refractivity contribution in [1.29, 1.82) is 0 Å². The molecule has 6 nitrogen and oxygen atoms in total. The highest BCUT2D eigenvalue weighted by Crippen LogP contribution is 2.29. The summed E-state index contributed by atoms with van der Waals surface area (Å²) in [5.74, 6) is 2.19. The number of ether oxygens (including phenoxy) is 1. The van der Waals surface area contributed by atoms with Crippen molar-refractivity contribution in [1.82, 2.24) is 20.5 Å². The van der Waals surface area contributed by atoms with Gasteiger partial charge in [0.25, 0.3) is 0 Å². The number of aromatic nitrogens is 1. The lowest BCUT2D eigenvalue weighted by Gasteiger charge is -2.33. The summed E-state index contributed by atoms with van der Waals surface area (Å²) in [7, 11) is 1.84. The Morgan fingerprint density at radius 2 is 2.00 bits per heavy atom. The molecule has 0 radical (unpaired) electrons. The number of aliphatic imine (C=N–C) groups is 1. The van der Waals surface area contributed by atoms with Gasteiger partial charge in [0.1, 0.15) is 0 Å². The first-order valence-corrected chi connectivity index (χ1v) is 10.9. The number of hydrogen-bond donors (Lipinski definition) is 2. The maximum atomic E-state index is 5.97. The molecule has 0 amide bonds. The molecule has 1 aliphatic carbocycles. The average Bonchev–Trinajstić information content (AvgIpc) is 3.50. The number of guanidine groups is 1. The lowest BCUT2D eigenvalue weighted by molar-refractivity contribution is 0.185. The Morgan fingerprint density at radius 3 is 2.64 bits per heavy atom. The van der Waals surface area contributed by atoms with Gasteiger partial charge in [0, 0.05) is 51.0 Å². The zero-order chi connectivity index (χ0) is 19.9. The third kappa shape index (κ3) is 6.66. The summed E-state index contributed by atoms with van der Waals surface area (Å²) in [5, 5.41) is 7.02. The van der Waals surface area contributed by atoms with Crippen molar-refractivity contribution in [3.63, 3.8) is 0 Å². The van der Waals surface area contributed by atoms with E-state index in [9.17, 15) is 0 Å². The topological polar surface area (TPSA) is 61.8 Å². The summed E-state index contributed by atoms with van der Waals surface area (Å²) in [4.78, 5) is 11.4. The molecule has 28 heavy (non-hydrogen) atoms. The molecule has 1 saturated carbocycles. The third-order valence-corrected chi connectivity index (χ3v) is 5.54. The van der Waals surface area contributed by atoms with Crippen LogP contribution in [0.2, 0.25) is 0 Å². The van der Waals surface area contributed by atoms with Crippen molar-refractivity contribution in [2.24, 2.45) is 10.9 Å². The molecule has 1 aromatic heterocycles.